The van der Waals surface area contributed by atoms with Gasteiger partial charge in [0.15, 0.2) is 0 Å². The third-order valence-electron chi connectivity index (χ3n) is 4.32. The van der Waals surface area contributed by atoms with Crippen LogP contribution in [0.25, 0.3) is 10.2 Å². The summed E-state index contributed by atoms with van der Waals surface area (Å²) in [7, 11) is 0. The Balaban J connectivity index is 1.67. The summed E-state index contributed by atoms with van der Waals surface area (Å²) in [6.45, 7) is 2.32. The fourth-order valence-corrected chi connectivity index (χ4v) is 5.52. The van der Waals surface area contributed by atoms with Crippen LogP contribution < -0.4 is 0 Å². The van der Waals surface area contributed by atoms with E-state index in [4.69, 9.17) is 0 Å². The van der Waals surface area contributed by atoms with Crippen molar-refractivity contribution in [2.75, 3.05) is 0 Å². The van der Waals surface area contributed by atoms with Gasteiger partial charge in [-0.2, -0.15) is 0 Å². The molecule has 23 heavy (non-hydrogen) atoms. The van der Waals surface area contributed by atoms with Crippen molar-refractivity contribution >= 4 is 33.3 Å². The molecule has 1 aromatic carbocycles. The molecule has 1 aliphatic rings. The van der Waals surface area contributed by atoms with Gasteiger partial charge >= 0.3 is 0 Å². The van der Waals surface area contributed by atoms with Crippen molar-refractivity contribution in [2.24, 2.45) is 5.92 Å². The second kappa shape index (κ2) is 6.21. The summed E-state index contributed by atoms with van der Waals surface area (Å²) in [5, 5.41) is 2.27. The molecule has 1 atom stereocenters. The smallest absolute Gasteiger partial charge is 0.128 e. The molecule has 2 heterocycles. The standard InChI is InChI=1S/C18H17FN2S2/c1-11-5-6-14-15(7-11)23-18-16(14)17(20-10-21-18)22-9-12-3-2-4-13(19)8-12/h2-4,8,10-11H,5-7,9H2,1H3. The van der Waals surface area contributed by atoms with Gasteiger partial charge in [-0.05, 0) is 48.4 Å². The van der Waals surface area contributed by atoms with E-state index in [-0.39, 0.29) is 5.82 Å². The van der Waals surface area contributed by atoms with Gasteiger partial charge in [-0.25, -0.2) is 14.4 Å². The number of nitrogens with zero attached hydrogens (tertiary/aromatic N) is 2. The zero-order chi connectivity index (χ0) is 15.8. The molecular formula is C18H17FN2S2. The van der Waals surface area contributed by atoms with Gasteiger partial charge < -0.3 is 0 Å². The first-order valence-corrected chi connectivity index (χ1v) is 9.63. The van der Waals surface area contributed by atoms with E-state index in [2.05, 4.69) is 16.9 Å². The van der Waals surface area contributed by atoms with Gasteiger partial charge in [0.2, 0.25) is 0 Å². The van der Waals surface area contributed by atoms with E-state index in [0.717, 1.165) is 39.9 Å². The molecule has 0 amide bonds. The largest absolute Gasteiger partial charge is 0.229 e. The van der Waals surface area contributed by atoms with Crippen molar-refractivity contribution < 1.29 is 4.39 Å². The number of rotatable bonds is 3. The molecule has 0 N–H and O–H groups in total. The zero-order valence-corrected chi connectivity index (χ0v) is 14.5. The van der Waals surface area contributed by atoms with Gasteiger partial charge in [-0.3, -0.25) is 0 Å². The maximum absolute atomic E-state index is 13.3. The van der Waals surface area contributed by atoms with Crippen LogP contribution in [0.5, 0.6) is 0 Å². The van der Waals surface area contributed by atoms with E-state index in [0.29, 0.717) is 0 Å². The molecule has 0 fully saturated rings. The van der Waals surface area contributed by atoms with Crippen molar-refractivity contribution in [1.82, 2.24) is 9.97 Å². The Morgan fingerprint density at radius 2 is 2.26 bits per heavy atom. The minimum absolute atomic E-state index is 0.183. The molecule has 0 saturated carbocycles. The Bertz CT molecular complexity index is 859. The molecule has 0 radical (unpaired) electrons. The molecule has 4 rings (SSSR count). The lowest BCUT2D eigenvalue weighted by Gasteiger charge is -2.18. The lowest BCUT2D eigenvalue weighted by Crippen LogP contribution is -2.08. The second-order valence-electron chi connectivity index (χ2n) is 6.13. The Morgan fingerprint density at radius 3 is 3.13 bits per heavy atom. The fraction of sp³-hybridized carbons (Fsp3) is 0.333. The summed E-state index contributed by atoms with van der Waals surface area (Å²) < 4.78 is 13.3. The molecule has 1 unspecified atom stereocenters. The average molecular weight is 344 g/mol. The molecule has 0 aliphatic heterocycles. The molecular weight excluding hydrogens is 327 g/mol. The highest BCUT2D eigenvalue weighted by Gasteiger charge is 2.23. The average Bonchev–Trinajstić information content (AvgIpc) is 2.91. The van der Waals surface area contributed by atoms with Crippen LogP contribution in [-0.4, -0.2) is 9.97 Å². The maximum Gasteiger partial charge on any atom is 0.128 e. The predicted molar refractivity (Wildman–Crippen MR) is 94.6 cm³/mol. The highest BCUT2D eigenvalue weighted by atomic mass is 32.2. The van der Waals surface area contributed by atoms with Crippen molar-refractivity contribution in [3.05, 3.63) is 52.4 Å². The van der Waals surface area contributed by atoms with Gasteiger partial charge in [-0.1, -0.05) is 19.1 Å². The third kappa shape index (κ3) is 3.00. The molecule has 0 spiro atoms. The second-order valence-corrected chi connectivity index (χ2v) is 8.18. The van der Waals surface area contributed by atoms with Gasteiger partial charge in [0.1, 0.15) is 22.0 Å². The summed E-state index contributed by atoms with van der Waals surface area (Å²) in [6, 6.07) is 6.79. The maximum atomic E-state index is 13.3. The minimum Gasteiger partial charge on any atom is -0.229 e. The van der Waals surface area contributed by atoms with Crippen molar-refractivity contribution in [3.63, 3.8) is 0 Å². The number of aromatic nitrogens is 2. The number of thiophene rings is 1. The molecule has 118 valence electrons. The Kier molecular flexibility index (Phi) is 4.07. The van der Waals surface area contributed by atoms with E-state index < -0.39 is 0 Å². The third-order valence-corrected chi connectivity index (χ3v) is 6.54. The Hall–Kier alpha value is -1.46. The van der Waals surface area contributed by atoms with Gasteiger partial charge in [0, 0.05) is 16.0 Å². The number of aryl methyl sites for hydroxylation is 1. The topological polar surface area (TPSA) is 25.8 Å². The van der Waals surface area contributed by atoms with Crippen LogP contribution in [-0.2, 0) is 18.6 Å². The summed E-state index contributed by atoms with van der Waals surface area (Å²) in [5.41, 5.74) is 2.44. The van der Waals surface area contributed by atoms with Crippen molar-refractivity contribution in [1.29, 1.82) is 0 Å². The van der Waals surface area contributed by atoms with Gasteiger partial charge in [0.25, 0.3) is 0 Å². The highest BCUT2D eigenvalue weighted by Crippen LogP contribution is 2.40. The fourth-order valence-electron chi connectivity index (χ4n) is 3.13. The number of halogens is 1. The van der Waals surface area contributed by atoms with Gasteiger partial charge in [0.05, 0.1) is 0 Å². The molecule has 2 aromatic heterocycles. The first-order valence-electron chi connectivity index (χ1n) is 7.83. The van der Waals surface area contributed by atoms with Crippen LogP contribution in [0.1, 0.15) is 29.3 Å². The molecule has 0 saturated heterocycles. The number of hydrogen-bond donors (Lipinski definition) is 0. The number of benzene rings is 1. The number of fused-ring (bicyclic) bond motifs is 3. The van der Waals surface area contributed by atoms with Crippen molar-refractivity contribution in [2.45, 2.75) is 37.0 Å². The van der Waals surface area contributed by atoms with Gasteiger partial charge in [-0.15, -0.1) is 23.1 Å². The van der Waals surface area contributed by atoms with Crippen LogP contribution in [0.3, 0.4) is 0 Å². The van der Waals surface area contributed by atoms with E-state index >= 15 is 0 Å². The van der Waals surface area contributed by atoms with Crippen molar-refractivity contribution in [3.8, 4) is 0 Å². The Labute approximate surface area is 143 Å². The van der Waals surface area contributed by atoms with E-state index in [1.54, 1.807) is 30.2 Å². The molecule has 2 nitrogen and oxygen atoms in total. The number of hydrogen-bond acceptors (Lipinski definition) is 4. The van der Waals surface area contributed by atoms with Crippen LogP contribution in [0.2, 0.25) is 0 Å². The summed E-state index contributed by atoms with van der Waals surface area (Å²) in [4.78, 5) is 11.6. The summed E-state index contributed by atoms with van der Waals surface area (Å²) in [6.07, 6.45) is 5.17. The Morgan fingerprint density at radius 1 is 1.35 bits per heavy atom. The minimum atomic E-state index is -0.183. The normalized spacial score (nSPS) is 17.4. The predicted octanol–water partition coefficient (Wildman–Crippen LogP) is 5.25. The zero-order valence-electron chi connectivity index (χ0n) is 12.9. The van der Waals surface area contributed by atoms with Crippen LogP contribution >= 0.6 is 23.1 Å². The van der Waals surface area contributed by atoms with E-state index in [9.17, 15) is 4.39 Å². The van der Waals surface area contributed by atoms with E-state index in [1.807, 2.05) is 17.4 Å². The summed E-state index contributed by atoms with van der Waals surface area (Å²) in [5.74, 6) is 1.30. The molecule has 3 aromatic rings. The quantitative estimate of drug-likeness (QED) is 0.479. The van der Waals surface area contributed by atoms with Crippen LogP contribution in [0.15, 0.2) is 35.6 Å². The first kappa shape index (κ1) is 15.1. The van der Waals surface area contributed by atoms with E-state index in [1.165, 1.54) is 28.3 Å². The molecule has 0 bridgehead atoms. The summed E-state index contributed by atoms with van der Waals surface area (Å²) >= 11 is 3.50. The van der Waals surface area contributed by atoms with Crippen LogP contribution in [0, 0.1) is 11.7 Å². The van der Waals surface area contributed by atoms with Crippen LogP contribution in [0.4, 0.5) is 4.39 Å². The molecule has 1 aliphatic carbocycles. The lowest BCUT2D eigenvalue weighted by atomic mass is 9.89. The monoisotopic (exact) mass is 344 g/mol. The lowest BCUT2D eigenvalue weighted by molar-refractivity contribution is 0.509. The molecule has 5 heteroatoms. The number of thioether (sulfide) groups is 1. The first-order chi connectivity index (χ1) is 11.2. The SMILES string of the molecule is CC1CCc2c(sc3ncnc(SCc4cccc(F)c4)c23)C1. The highest BCUT2D eigenvalue weighted by molar-refractivity contribution is 7.98.